The molecule has 286 valence electrons. The van der Waals surface area contributed by atoms with Gasteiger partial charge in [-0.1, -0.05) is 6.08 Å². The number of likely N-dealkylation sites (N-methyl/N-ethyl adjacent to an activating group) is 1. The van der Waals surface area contributed by atoms with E-state index in [2.05, 4.69) is 0 Å². The number of rotatable bonds is 18. The van der Waals surface area contributed by atoms with Crippen LogP contribution in [0.4, 0.5) is 11.4 Å². The predicted octanol–water partition coefficient (Wildman–Crippen LogP) is 4.78. The molecule has 0 saturated heterocycles. The van der Waals surface area contributed by atoms with Crippen LogP contribution in [0.2, 0.25) is 0 Å². The monoisotopic (exact) mass is 782 g/mol. The van der Waals surface area contributed by atoms with Crippen LogP contribution in [0.25, 0.3) is 0 Å². The Morgan fingerprint density at radius 1 is 0.923 bits per heavy atom. The van der Waals surface area contributed by atoms with Crippen molar-refractivity contribution in [2.24, 2.45) is 0 Å². The van der Waals surface area contributed by atoms with Gasteiger partial charge >= 0.3 is 5.97 Å². The molecule has 17 heteroatoms. The van der Waals surface area contributed by atoms with Crippen molar-refractivity contribution in [1.82, 2.24) is 0 Å². The minimum absolute atomic E-state index is 0.00605. The molecule has 2 aromatic rings. The van der Waals surface area contributed by atoms with Crippen molar-refractivity contribution in [3.05, 3.63) is 71.5 Å². The molecular weight excluding hydrogens is 737 g/mol. The molecule has 52 heavy (non-hydrogen) atoms. The van der Waals surface area contributed by atoms with Crippen molar-refractivity contribution in [3.63, 3.8) is 0 Å². The van der Waals surface area contributed by atoms with Gasteiger partial charge in [-0.05, 0) is 94.8 Å². The van der Waals surface area contributed by atoms with Gasteiger partial charge in [-0.25, -0.2) is 8.42 Å². The Morgan fingerprint density at radius 2 is 1.60 bits per heavy atom. The summed E-state index contributed by atoms with van der Waals surface area (Å²) >= 11 is 0. The molecule has 2 aliphatic heterocycles. The molecule has 14 nitrogen and oxygen atoms in total. The summed E-state index contributed by atoms with van der Waals surface area (Å²) in [6.45, 7) is 6.96. The fraction of sp³-hybridized carbons (Fsp3) is 0.486. The van der Waals surface area contributed by atoms with Crippen LogP contribution in [0.15, 0.2) is 70.1 Å². The van der Waals surface area contributed by atoms with Crippen molar-refractivity contribution >= 4 is 53.4 Å². The summed E-state index contributed by atoms with van der Waals surface area (Å²) in [5, 5.41) is 9.10. The van der Waals surface area contributed by atoms with E-state index in [4.69, 9.17) is 9.84 Å². The lowest BCUT2D eigenvalue weighted by Gasteiger charge is -2.29. The number of hydrogen-bond acceptors (Lipinski definition) is 10. The number of hydrogen-bond donors (Lipinski definition) is 3. The second-order valence-corrected chi connectivity index (χ2v) is 17.9. The minimum atomic E-state index is -4.73. The smallest absolute Gasteiger partial charge is 0.303 e. The van der Waals surface area contributed by atoms with E-state index in [1.54, 1.807) is 19.2 Å². The van der Waals surface area contributed by atoms with Gasteiger partial charge in [0, 0.05) is 67.6 Å². The number of unbranched alkanes of at least 4 members (excludes halogenated alkanes) is 2. The highest BCUT2D eigenvalue weighted by molar-refractivity contribution is 7.86. The molecule has 0 amide bonds. The van der Waals surface area contributed by atoms with E-state index in [0.717, 1.165) is 11.4 Å². The van der Waals surface area contributed by atoms with E-state index < -0.39 is 52.9 Å². The summed E-state index contributed by atoms with van der Waals surface area (Å²) in [6, 6.07) is 8.54. The number of nitrogens with zero attached hydrogens (tertiary/aromatic N) is 2. The van der Waals surface area contributed by atoms with Gasteiger partial charge in [0.25, 0.3) is 20.2 Å². The number of aliphatic carboxylic acids is 1. The first-order chi connectivity index (χ1) is 24.2. The van der Waals surface area contributed by atoms with Gasteiger partial charge in [0.1, 0.15) is 16.7 Å². The third-order valence-corrected chi connectivity index (χ3v) is 12.5. The highest BCUT2D eigenvalue weighted by Crippen LogP contribution is 2.51. The van der Waals surface area contributed by atoms with Gasteiger partial charge in [-0.15, -0.1) is 0 Å². The van der Waals surface area contributed by atoms with Gasteiger partial charge in [-0.3, -0.25) is 13.9 Å². The van der Waals surface area contributed by atoms with E-state index in [1.165, 1.54) is 24.3 Å². The van der Waals surface area contributed by atoms with Crippen LogP contribution < -0.4 is 4.90 Å². The van der Waals surface area contributed by atoms with Crippen molar-refractivity contribution in [2.75, 3.05) is 37.5 Å². The fourth-order valence-corrected chi connectivity index (χ4v) is 8.87. The third kappa shape index (κ3) is 9.01. The van der Waals surface area contributed by atoms with Gasteiger partial charge in [0.05, 0.1) is 21.0 Å². The number of carboxylic acids is 1. The summed E-state index contributed by atoms with van der Waals surface area (Å²) in [6.07, 6.45) is 7.79. The van der Waals surface area contributed by atoms with E-state index in [0.29, 0.717) is 67.9 Å². The average molecular weight is 783 g/mol. The molecule has 0 aliphatic carbocycles. The molecule has 0 spiro atoms. The highest BCUT2D eigenvalue weighted by Gasteiger charge is 2.48. The molecule has 2 atom stereocenters. The Bertz CT molecular complexity index is 2130. The largest absolute Gasteiger partial charge is 0.744 e. The number of carboxylic acid groups (broad SMARTS) is 1. The maximum Gasteiger partial charge on any atom is 0.303 e. The molecule has 0 radical (unpaired) electrons. The molecule has 0 bridgehead atoms. The molecular formula is C35H46N2O12S3. The summed E-state index contributed by atoms with van der Waals surface area (Å²) in [5.74, 6) is -1.44. The summed E-state index contributed by atoms with van der Waals surface area (Å²) < 4.78 is 111. The first-order valence-electron chi connectivity index (χ1n) is 16.9. The second kappa shape index (κ2) is 15.9. The molecule has 0 fully saturated rings. The molecule has 0 saturated carbocycles. The fourth-order valence-electron chi connectivity index (χ4n) is 7.35. The Hall–Kier alpha value is -3.45. The highest BCUT2D eigenvalue weighted by atomic mass is 32.2. The maximum atomic E-state index is 12.2. The summed E-state index contributed by atoms with van der Waals surface area (Å²) in [7, 11) is -12.1. The number of fused-ring (bicyclic) bond motifs is 2. The Balaban J connectivity index is 1.89. The number of allylic oxidation sites excluding steroid dienone is 4. The Morgan fingerprint density at radius 3 is 2.19 bits per heavy atom. The Kier molecular flexibility index (Phi) is 12.6. The van der Waals surface area contributed by atoms with Crippen LogP contribution in [0.5, 0.6) is 0 Å². The van der Waals surface area contributed by atoms with Gasteiger partial charge in [0.2, 0.25) is 5.69 Å². The van der Waals surface area contributed by atoms with Crippen LogP contribution >= 0.6 is 0 Å². The number of benzene rings is 2. The Labute approximate surface area is 305 Å². The third-order valence-electron chi connectivity index (χ3n) is 9.99. The first kappa shape index (κ1) is 41.3. The lowest BCUT2D eigenvalue weighted by atomic mass is 9.75. The number of carbonyl (C=O) groups is 1. The molecule has 4 rings (SSSR count). The van der Waals surface area contributed by atoms with Crippen molar-refractivity contribution in [1.29, 1.82) is 0 Å². The zero-order valence-electron chi connectivity index (χ0n) is 29.6. The van der Waals surface area contributed by atoms with E-state index in [9.17, 15) is 43.7 Å². The van der Waals surface area contributed by atoms with E-state index in [1.807, 2.05) is 48.5 Å². The normalized spacial score (nSPS) is 21.4. The van der Waals surface area contributed by atoms with Crippen LogP contribution in [0.3, 0.4) is 0 Å². The zero-order valence-corrected chi connectivity index (χ0v) is 32.1. The first-order valence-corrected chi connectivity index (χ1v) is 21.3. The van der Waals surface area contributed by atoms with E-state index in [-0.39, 0.29) is 29.1 Å². The average Bonchev–Trinajstić information content (AvgIpc) is 3.42. The topological polar surface area (TPSA) is 219 Å². The maximum absolute atomic E-state index is 12.2. The zero-order chi connectivity index (χ0) is 38.7. The van der Waals surface area contributed by atoms with Gasteiger partial charge in [0.15, 0.2) is 5.71 Å². The molecule has 0 aromatic heterocycles. The number of ether oxygens (including phenoxy) is 1. The molecule has 3 N–H and O–H groups in total. The van der Waals surface area contributed by atoms with Crippen molar-refractivity contribution in [3.8, 4) is 0 Å². The van der Waals surface area contributed by atoms with Crippen LogP contribution in [-0.2, 0) is 50.7 Å². The van der Waals surface area contributed by atoms with Gasteiger partial charge in [-0.2, -0.15) is 21.4 Å². The number of methoxy groups -OCH3 is 1. The van der Waals surface area contributed by atoms with E-state index >= 15 is 0 Å². The van der Waals surface area contributed by atoms with Crippen molar-refractivity contribution < 1.29 is 58.1 Å². The molecule has 2 unspecified atom stereocenters. The quantitative estimate of drug-likeness (QED) is 0.105. The second-order valence-electron chi connectivity index (χ2n) is 13.5. The SMILES string of the molecule is CCN1/C(=C/C=C/C2=[N+](CCCCCC(=O)O)c3ccc(S(=O)(=O)O)cc3C2(C)CCCS(=O)(=O)O)C(C)(CCOC)c2cc(S(=O)(=O)[O-])ccc21. The lowest BCUT2D eigenvalue weighted by molar-refractivity contribution is -0.438. The standard InChI is InChI=1S/C35H46N2O12S3/c1-5-36-29-16-14-25(51(43,44)45)23-27(29)35(3,19-21-49-4)31(36)11-9-12-32-34(2,18-10-22-50(40,41)42)28-24-26(52(46,47)48)15-17-30(28)37(32)20-8-6-7-13-33(38)39/h9,11-12,14-17,23-24H,5-8,10,13,18-22H2,1-4H3,(H3-,38,39,40,41,42,43,44,45,46,47,48). The summed E-state index contributed by atoms with van der Waals surface area (Å²) in [4.78, 5) is 12.4. The van der Waals surface area contributed by atoms with Gasteiger partial charge < -0.3 is 19.3 Å². The number of anilines is 1. The summed E-state index contributed by atoms with van der Waals surface area (Å²) in [5.41, 5.74) is 2.25. The van der Waals surface area contributed by atoms with Crippen LogP contribution in [0, 0.1) is 0 Å². The van der Waals surface area contributed by atoms with Crippen LogP contribution in [-0.4, -0.2) is 92.8 Å². The molecule has 2 aromatic carbocycles. The van der Waals surface area contributed by atoms with Crippen LogP contribution in [0.1, 0.15) is 76.8 Å². The van der Waals surface area contributed by atoms with Crippen molar-refractivity contribution in [2.45, 2.75) is 86.3 Å². The minimum Gasteiger partial charge on any atom is -0.744 e. The molecule has 2 heterocycles. The lowest BCUT2D eigenvalue weighted by Crippen LogP contribution is -2.32. The molecule has 2 aliphatic rings. The predicted molar refractivity (Wildman–Crippen MR) is 194 cm³/mol.